The number of amides is 1. The lowest BCUT2D eigenvalue weighted by Gasteiger charge is -2.27. The normalized spacial score (nSPS) is 13.6. The zero-order valence-corrected chi connectivity index (χ0v) is 21.2. The van der Waals surface area contributed by atoms with Crippen molar-refractivity contribution in [2.24, 2.45) is 0 Å². The van der Waals surface area contributed by atoms with Crippen molar-refractivity contribution in [2.75, 3.05) is 13.1 Å². The molecule has 4 aromatic rings. The molecule has 0 radical (unpaired) electrons. The second kappa shape index (κ2) is 10.7. The Morgan fingerprint density at radius 2 is 2.00 bits per heavy atom. The molecule has 186 valence electrons. The number of nitrogens with zero attached hydrogens (tertiary/aromatic N) is 4. The van der Waals surface area contributed by atoms with Crippen LogP contribution in [0.1, 0.15) is 27.9 Å². The summed E-state index contributed by atoms with van der Waals surface area (Å²) in [6.45, 7) is 2.26. The summed E-state index contributed by atoms with van der Waals surface area (Å²) in [6.07, 6.45) is 6.31. The van der Waals surface area contributed by atoms with Crippen LogP contribution in [0.4, 0.5) is 9.18 Å². The van der Waals surface area contributed by atoms with E-state index in [4.69, 9.17) is 23.2 Å². The summed E-state index contributed by atoms with van der Waals surface area (Å²) in [5, 5.41) is 14.0. The molecule has 0 saturated heterocycles. The van der Waals surface area contributed by atoms with Gasteiger partial charge >= 0.3 is 6.03 Å². The van der Waals surface area contributed by atoms with Crippen LogP contribution in [0, 0.1) is 17.1 Å². The predicted octanol–water partition coefficient (Wildman–Crippen LogP) is 6.18. The highest BCUT2D eigenvalue weighted by atomic mass is 35.5. The number of carbonyl (C=O) groups excluding carboxylic acids is 1. The van der Waals surface area contributed by atoms with Gasteiger partial charge in [-0.1, -0.05) is 47.5 Å². The van der Waals surface area contributed by atoms with Crippen LogP contribution in [0.25, 0.3) is 17.0 Å². The molecule has 3 heterocycles. The molecule has 6 nitrogen and oxygen atoms in total. The fourth-order valence-electron chi connectivity index (χ4n) is 4.63. The van der Waals surface area contributed by atoms with Gasteiger partial charge in [-0.15, -0.1) is 0 Å². The fourth-order valence-corrected chi connectivity index (χ4v) is 4.95. The number of nitriles is 1. The minimum absolute atomic E-state index is 0.0426. The molecule has 2 aromatic heterocycles. The van der Waals surface area contributed by atoms with Gasteiger partial charge < -0.3 is 5.32 Å². The van der Waals surface area contributed by atoms with Crippen LogP contribution < -0.4 is 5.32 Å². The van der Waals surface area contributed by atoms with E-state index in [2.05, 4.69) is 21.3 Å². The third-order valence-electron chi connectivity index (χ3n) is 6.42. The maximum absolute atomic E-state index is 14.6. The van der Waals surface area contributed by atoms with Gasteiger partial charge in [-0.3, -0.25) is 9.47 Å². The second-order valence-electron chi connectivity index (χ2n) is 8.81. The maximum atomic E-state index is 14.6. The van der Waals surface area contributed by atoms with Gasteiger partial charge in [-0.25, -0.2) is 14.2 Å². The lowest BCUT2D eigenvalue weighted by Crippen LogP contribution is -2.34. The SMILES string of the molecule is N#Cc1cc2c3c(n(C(=O)NCc4ccnc(Cl)c4)c2cc1F)CCN(CC=Cc1ccc(Cl)cc1)C3. The average molecular weight is 534 g/mol. The Kier molecular flexibility index (Phi) is 7.24. The quantitative estimate of drug-likeness (QED) is 0.310. The smallest absolute Gasteiger partial charge is 0.326 e. The van der Waals surface area contributed by atoms with Crippen LogP contribution in [-0.4, -0.2) is 33.6 Å². The molecule has 1 aliphatic rings. The van der Waals surface area contributed by atoms with Crippen LogP contribution >= 0.6 is 23.2 Å². The number of fused-ring (bicyclic) bond motifs is 3. The first-order valence-corrected chi connectivity index (χ1v) is 12.5. The van der Waals surface area contributed by atoms with E-state index in [1.165, 1.54) is 6.07 Å². The van der Waals surface area contributed by atoms with E-state index in [-0.39, 0.29) is 18.1 Å². The zero-order valence-electron chi connectivity index (χ0n) is 19.7. The molecule has 1 N–H and O–H groups in total. The van der Waals surface area contributed by atoms with Crippen molar-refractivity contribution in [3.63, 3.8) is 0 Å². The number of hydrogen-bond acceptors (Lipinski definition) is 4. The molecule has 0 bridgehead atoms. The molecule has 0 spiro atoms. The van der Waals surface area contributed by atoms with Gasteiger partial charge in [0.15, 0.2) is 0 Å². The zero-order chi connectivity index (χ0) is 25.9. The molecule has 1 amide bonds. The van der Waals surface area contributed by atoms with Crippen molar-refractivity contribution in [1.82, 2.24) is 19.8 Å². The number of halogens is 3. The number of hydrogen-bond donors (Lipinski definition) is 1. The number of benzene rings is 2. The monoisotopic (exact) mass is 533 g/mol. The van der Waals surface area contributed by atoms with Gasteiger partial charge in [0.25, 0.3) is 0 Å². The number of rotatable bonds is 5. The number of carbonyl (C=O) groups is 1. The third-order valence-corrected chi connectivity index (χ3v) is 6.88. The van der Waals surface area contributed by atoms with Crippen molar-refractivity contribution in [3.05, 3.63) is 105 Å². The highest BCUT2D eigenvalue weighted by molar-refractivity contribution is 6.30. The van der Waals surface area contributed by atoms with Crippen molar-refractivity contribution in [1.29, 1.82) is 5.26 Å². The summed E-state index contributed by atoms with van der Waals surface area (Å²) < 4.78 is 16.2. The Bertz CT molecular complexity index is 1560. The van der Waals surface area contributed by atoms with Crippen molar-refractivity contribution >= 4 is 46.2 Å². The van der Waals surface area contributed by atoms with Crippen molar-refractivity contribution in [2.45, 2.75) is 19.5 Å². The van der Waals surface area contributed by atoms with E-state index in [0.29, 0.717) is 40.6 Å². The lowest BCUT2D eigenvalue weighted by atomic mass is 10.0. The standard InChI is InChI=1S/C28H22Cl2FN5O/c29-21-5-3-18(4-6-21)2-1-10-35-11-8-25-23(17-35)22-13-20(15-32)24(31)14-26(22)36(25)28(37)34-16-19-7-9-33-27(30)12-19/h1-7,9,12-14H,8,10-11,16-17H2,(H,34,37). The second-order valence-corrected chi connectivity index (χ2v) is 9.63. The minimum atomic E-state index is -0.650. The number of aromatic nitrogens is 2. The summed E-state index contributed by atoms with van der Waals surface area (Å²) in [5.74, 6) is -0.650. The largest absolute Gasteiger partial charge is 0.333 e. The van der Waals surface area contributed by atoms with Crippen LogP contribution in [0.2, 0.25) is 10.2 Å². The summed E-state index contributed by atoms with van der Waals surface area (Å²) >= 11 is 11.9. The van der Waals surface area contributed by atoms with E-state index in [0.717, 1.165) is 28.9 Å². The van der Waals surface area contributed by atoms with E-state index < -0.39 is 5.82 Å². The van der Waals surface area contributed by atoms with E-state index in [1.54, 1.807) is 29.0 Å². The summed E-state index contributed by atoms with van der Waals surface area (Å²) in [6, 6.07) is 15.4. The van der Waals surface area contributed by atoms with Crippen molar-refractivity contribution in [3.8, 4) is 6.07 Å². The first-order valence-electron chi connectivity index (χ1n) is 11.7. The Morgan fingerprint density at radius 1 is 1.19 bits per heavy atom. The van der Waals surface area contributed by atoms with Crippen LogP contribution in [0.3, 0.4) is 0 Å². The third kappa shape index (κ3) is 5.37. The first-order chi connectivity index (χ1) is 17.9. The van der Waals surface area contributed by atoms with Gasteiger partial charge in [0.1, 0.15) is 17.0 Å². The van der Waals surface area contributed by atoms with Gasteiger partial charge in [0.2, 0.25) is 0 Å². The molecular weight excluding hydrogens is 512 g/mol. The summed E-state index contributed by atoms with van der Waals surface area (Å²) in [5.41, 5.74) is 4.02. The highest BCUT2D eigenvalue weighted by Crippen LogP contribution is 2.32. The summed E-state index contributed by atoms with van der Waals surface area (Å²) in [4.78, 5) is 19.5. The molecule has 37 heavy (non-hydrogen) atoms. The Labute approximate surface area is 223 Å². The number of nitrogens with one attached hydrogen (secondary N) is 1. The molecule has 0 unspecified atom stereocenters. The van der Waals surface area contributed by atoms with Gasteiger partial charge in [0.05, 0.1) is 11.1 Å². The van der Waals surface area contributed by atoms with Crippen LogP contribution in [0.5, 0.6) is 0 Å². The summed E-state index contributed by atoms with van der Waals surface area (Å²) in [7, 11) is 0. The highest BCUT2D eigenvalue weighted by Gasteiger charge is 2.27. The molecule has 0 aliphatic carbocycles. The molecular formula is C28H22Cl2FN5O. The molecule has 1 aliphatic heterocycles. The Balaban J connectivity index is 1.42. The molecule has 0 saturated carbocycles. The topological polar surface area (TPSA) is 74.0 Å². The molecule has 5 rings (SSSR count). The predicted molar refractivity (Wildman–Crippen MR) is 143 cm³/mol. The average Bonchev–Trinajstić information content (AvgIpc) is 3.20. The minimum Gasteiger partial charge on any atom is -0.333 e. The first kappa shape index (κ1) is 25.0. The maximum Gasteiger partial charge on any atom is 0.326 e. The van der Waals surface area contributed by atoms with Gasteiger partial charge in [-0.05, 0) is 47.0 Å². The lowest BCUT2D eigenvalue weighted by molar-refractivity contribution is 0.240. The van der Waals surface area contributed by atoms with E-state index >= 15 is 0 Å². The van der Waals surface area contributed by atoms with Gasteiger partial charge in [0, 0.05) is 61.0 Å². The molecule has 0 fully saturated rings. The Hall–Kier alpha value is -3.70. The van der Waals surface area contributed by atoms with Crippen molar-refractivity contribution < 1.29 is 9.18 Å². The number of pyridine rings is 1. The van der Waals surface area contributed by atoms with E-state index in [1.807, 2.05) is 36.4 Å². The van der Waals surface area contributed by atoms with Gasteiger partial charge in [-0.2, -0.15) is 5.26 Å². The fraction of sp³-hybridized carbons (Fsp3) is 0.179. The molecule has 2 aromatic carbocycles. The Morgan fingerprint density at radius 3 is 2.76 bits per heavy atom. The van der Waals surface area contributed by atoms with E-state index in [9.17, 15) is 14.4 Å². The molecule has 0 atom stereocenters. The van der Waals surface area contributed by atoms with Crippen LogP contribution in [-0.2, 0) is 19.5 Å². The molecule has 9 heteroatoms. The van der Waals surface area contributed by atoms with Crippen LogP contribution in [0.15, 0.2) is 60.8 Å².